The van der Waals surface area contributed by atoms with Crippen LogP contribution in [0.1, 0.15) is 11.6 Å². The number of morpholine rings is 1. The lowest BCUT2D eigenvalue weighted by atomic mass is 10.1. The Morgan fingerprint density at radius 1 is 1.17 bits per heavy atom. The number of nitrogens with zero attached hydrogens (tertiary/aromatic N) is 1. The lowest BCUT2D eigenvalue weighted by Gasteiger charge is -2.27. The summed E-state index contributed by atoms with van der Waals surface area (Å²) in [5.41, 5.74) is 6.87. The van der Waals surface area contributed by atoms with E-state index in [-0.39, 0.29) is 50.0 Å². The molecule has 1 aliphatic rings. The van der Waals surface area contributed by atoms with Crippen molar-refractivity contribution in [2.24, 2.45) is 5.73 Å². The van der Waals surface area contributed by atoms with E-state index in [0.29, 0.717) is 0 Å². The van der Waals surface area contributed by atoms with E-state index < -0.39 is 0 Å². The Labute approximate surface area is 111 Å². The van der Waals surface area contributed by atoms with Gasteiger partial charge in [-0.1, -0.05) is 30.3 Å². The molecule has 2 amide bonds. The van der Waals surface area contributed by atoms with Crippen molar-refractivity contribution in [3.63, 3.8) is 0 Å². The number of hydrogen-bond acceptors (Lipinski definition) is 4. The predicted molar refractivity (Wildman–Crippen MR) is 68.2 cm³/mol. The molecule has 0 aliphatic carbocycles. The highest BCUT2D eigenvalue weighted by Crippen LogP contribution is 2.13. The van der Waals surface area contributed by atoms with Crippen LogP contribution in [0.5, 0.6) is 0 Å². The van der Waals surface area contributed by atoms with Crippen LogP contribution in [0.15, 0.2) is 30.3 Å². The van der Waals surface area contributed by atoms with Crippen molar-refractivity contribution in [1.82, 2.24) is 4.90 Å². The van der Waals surface area contributed by atoms with Gasteiger partial charge >= 0.3 is 0 Å². The Morgan fingerprint density at radius 2 is 1.72 bits per heavy atom. The third-order valence-electron chi connectivity index (χ3n) is 2.66. The molecule has 0 aromatic heterocycles. The molecule has 1 aliphatic heterocycles. The van der Waals surface area contributed by atoms with E-state index in [2.05, 4.69) is 0 Å². The molecule has 1 heterocycles. The van der Waals surface area contributed by atoms with Crippen molar-refractivity contribution in [2.45, 2.75) is 6.04 Å². The van der Waals surface area contributed by atoms with E-state index in [1.165, 1.54) is 4.90 Å². The molecule has 5 nitrogen and oxygen atoms in total. The van der Waals surface area contributed by atoms with Crippen molar-refractivity contribution in [3.8, 4) is 0 Å². The van der Waals surface area contributed by atoms with Gasteiger partial charge in [0.1, 0.15) is 13.2 Å². The highest BCUT2D eigenvalue weighted by molar-refractivity contribution is 5.98. The lowest BCUT2D eigenvalue weighted by Crippen LogP contribution is -2.48. The Balaban J connectivity index is 0.00000162. The molecule has 2 N–H and O–H groups in total. The molecule has 18 heavy (non-hydrogen) atoms. The Morgan fingerprint density at radius 3 is 2.28 bits per heavy atom. The van der Waals surface area contributed by atoms with E-state index in [1.807, 2.05) is 30.3 Å². The summed E-state index contributed by atoms with van der Waals surface area (Å²) in [5.74, 6) is -0.653. The summed E-state index contributed by atoms with van der Waals surface area (Å²) in [7, 11) is 0. The first-order valence-corrected chi connectivity index (χ1v) is 5.40. The third-order valence-corrected chi connectivity index (χ3v) is 2.66. The number of carbonyl (C=O) groups is 2. The van der Waals surface area contributed by atoms with Crippen LogP contribution in [0.25, 0.3) is 0 Å². The monoisotopic (exact) mass is 270 g/mol. The molecule has 0 radical (unpaired) electrons. The van der Waals surface area contributed by atoms with Crippen molar-refractivity contribution in [3.05, 3.63) is 35.9 Å². The zero-order valence-electron chi connectivity index (χ0n) is 9.74. The second kappa shape index (κ2) is 6.49. The van der Waals surface area contributed by atoms with Crippen molar-refractivity contribution in [2.75, 3.05) is 19.8 Å². The molecule has 1 fully saturated rings. The summed E-state index contributed by atoms with van der Waals surface area (Å²) >= 11 is 0. The Kier molecular flexibility index (Phi) is 5.27. The van der Waals surface area contributed by atoms with Gasteiger partial charge in [0.15, 0.2) is 0 Å². The van der Waals surface area contributed by atoms with Crippen LogP contribution < -0.4 is 5.73 Å². The van der Waals surface area contributed by atoms with Gasteiger partial charge in [-0.2, -0.15) is 0 Å². The zero-order valence-corrected chi connectivity index (χ0v) is 10.6. The second-order valence-electron chi connectivity index (χ2n) is 3.91. The van der Waals surface area contributed by atoms with Crippen LogP contribution in [-0.2, 0) is 14.3 Å². The van der Waals surface area contributed by atoms with E-state index in [0.717, 1.165) is 5.56 Å². The quantitative estimate of drug-likeness (QED) is 0.812. The fraction of sp³-hybridized carbons (Fsp3) is 0.333. The van der Waals surface area contributed by atoms with Gasteiger partial charge in [0.05, 0.1) is 0 Å². The molecule has 1 aromatic carbocycles. The summed E-state index contributed by atoms with van der Waals surface area (Å²) in [6, 6.07) is 9.03. The normalized spacial score (nSPS) is 17.3. The van der Waals surface area contributed by atoms with Gasteiger partial charge in [0.2, 0.25) is 0 Å². The first-order valence-electron chi connectivity index (χ1n) is 5.40. The number of amides is 2. The molecule has 6 heteroatoms. The predicted octanol–water partition coefficient (Wildman–Crippen LogP) is 0.494. The van der Waals surface area contributed by atoms with Crippen LogP contribution in [0.2, 0.25) is 0 Å². The maximum Gasteiger partial charge on any atom is 0.255 e. The van der Waals surface area contributed by atoms with Gasteiger partial charge in [-0.15, -0.1) is 12.4 Å². The van der Waals surface area contributed by atoms with E-state index >= 15 is 0 Å². The molecular weight excluding hydrogens is 256 g/mol. The third kappa shape index (κ3) is 3.29. The number of benzene rings is 1. The largest absolute Gasteiger partial charge is 0.362 e. The zero-order chi connectivity index (χ0) is 12.3. The van der Waals surface area contributed by atoms with E-state index in [9.17, 15) is 9.59 Å². The van der Waals surface area contributed by atoms with Gasteiger partial charge in [-0.25, -0.2) is 0 Å². The molecule has 0 saturated carbocycles. The minimum absolute atomic E-state index is 0. The first kappa shape index (κ1) is 14.6. The average Bonchev–Trinajstić information content (AvgIpc) is 2.35. The van der Waals surface area contributed by atoms with Gasteiger partial charge < -0.3 is 10.5 Å². The minimum atomic E-state index is -0.359. The molecule has 1 aromatic rings. The van der Waals surface area contributed by atoms with Crippen LogP contribution in [0.3, 0.4) is 0 Å². The Bertz CT molecular complexity index is 409. The molecule has 98 valence electrons. The summed E-state index contributed by atoms with van der Waals surface area (Å²) in [6.45, 7) is 0.103. The number of halogens is 1. The molecule has 0 spiro atoms. The highest BCUT2D eigenvalue weighted by Gasteiger charge is 2.28. The first-order chi connectivity index (χ1) is 8.18. The SMILES string of the molecule is Cl.NC(CN1C(=O)COCC1=O)c1ccccc1. The van der Waals surface area contributed by atoms with Crippen molar-refractivity contribution < 1.29 is 14.3 Å². The number of rotatable bonds is 3. The van der Waals surface area contributed by atoms with Gasteiger partial charge in [0, 0.05) is 12.6 Å². The standard InChI is InChI=1S/C12H14N2O3.ClH/c13-10(9-4-2-1-3-5-9)6-14-11(15)7-17-8-12(14)16;/h1-5,10H,6-8,13H2;1H. The molecule has 1 unspecified atom stereocenters. The second-order valence-corrected chi connectivity index (χ2v) is 3.91. The summed E-state index contributed by atoms with van der Waals surface area (Å²) < 4.78 is 4.83. The van der Waals surface area contributed by atoms with Crippen molar-refractivity contribution >= 4 is 24.2 Å². The fourth-order valence-electron chi connectivity index (χ4n) is 1.73. The van der Waals surface area contributed by atoms with Crippen molar-refractivity contribution in [1.29, 1.82) is 0 Å². The number of carbonyl (C=O) groups excluding carboxylic acids is 2. The minimum Gasteiger partial charge on any atom is -0.362 e. The highest BCUT2D eigenvalue weighted by atomic mass is 35.5. The lowest BCUT2D eigenvalue weighted by molar-refractivity contribution is -0.158. The van der Waals surface area contributed by atoms with Gasteiger partial charge in [0.25, 0.3) is 11.8 Å². The number of nitrogens with two attached hydrogens (primary N) is 1. The number of imide groups is 1. The summed E-state index contributed by atoms with van der Waals surface area (Å²) in [6.07, 6.45) is 0. The summed E-state index contributed by atoms with van der Waals surface area (Å²) in [4.78, 5) is 24.2. The van der Waals surface area contributed by atoms with Crippen LogP contribution in [0, 0.1) is 0 Å². The van der Waals surface area contributed by atoms with Crippen LogP contribution in [-0.4, -0.2) is 36.5 Å². The van der Waals surface area contributed by atoms with E-state index in [1.54, 1.807) is 0 Å². The van der Waals surface area contributed by atoms with Crippen LogP contribution >= 0.6 is 12.4 Å². The molecular formula is C12H15ClN2O3. The molecule has 1 saturated heterocycles. The maximum atomic E-state index is 11.5. The summed E-state index contributed by atoms with van der Waals surface area (Å²) in [5, 5.41) is 0. The maximum absolute atomic E-state index is 11.5. The fourth-order valence-corrected chi connectivity index (χ4v) is 1.73. The molecule has 1 atom stereocenters. The molecule has 0 bridgehead atoms. The Hall–Kier alpha value is -1.43. The average molecular weight is 271 g/mol. The van der Waals surface area contributed by atoms with Gasteiger partial charge in [-0.3, -0.25) is 14.5 Å². The number of ether oxygens (including phenoxy) is 1. The topological polar surface area (TPSA) is 72.6 Å². The van der Waals surface area contributed by atoms with E-state index in [4.69, 9.17) is 10.5 Å². The number of hydrogen-bond donors (Lipinski definition) is 1. The molecule has 2 rings (SSSR count). The smallest absolute Gasteiger partial charge is 0.255 e. The van der Waals surface area contributed by atoms with Crippen LogP contribution in [0.4, 0.5) is 0 Å². The van der Waals surface area contributed by atoms with Gasteiger partial charge in [-0.05, 0) is 5.56 Å².